The zero-order valence-electron chi connectivity index (χ0n) is 13.5. The van der Waals surface area contributed by atoms with E-state index in [1.165, 1.54) is 17.0 Å². The van der Waals surface area contributed by atoms with Crippen LogP contribution in [-0.2, 0) is 0 Å². The Morgan fingerprint density at radius 3 is 2.77 bits per heavy atom. The van der Waals surface area contributed by atoms with E-state index in [4.69, 9.17) is 27.9 Å². The summed E-state index contributed by atoms with van der Waals surface area (Å²) in [5.41, 5.74) is 0.0216. The number of carbonyl (C=O) groups excluding carboxylic acids is 1. The maximum atomic E-state index is 12.8. The number of non-ortho nitro benzene ring substituents is 1. The molecule has 0 spiro atoms. The number of halogens is 2. The van der Waals surface area contributed by atoms with Crippen molar-refractivity contribution in [3.05, 3.63) is 62.1 Å². The van der Waals surface area contributed by atoms with Gasteiger partial charge in [-0.25, -0.2) is 4.79 Å². The number of hydrogen-bond donors (Lipinski definition) is 1. The molecule has 1 saturated heterocycles. The summed E-state index contributed by atoms with van der Waals surface area (Å²) in [7, 11) is 0. The quantitative estimate of drug-likeness (QED) is 0.593. The first-order valence-corrected chi connectivity index (χ1v) is 8.57. The van der Waals surface area contributed by atoms with Crippen molar-refractivity contribution in [2.75, 3.05) is 4.90 Å². The van der Waals surface area contributed by atoms with Gasteiger partial charge in [-0.2, -0.15) is 0 Å². The lowest BCUT2D eigenvalue weighted by atomic mass is 9.90. The van der Waals surface area contributed by atoms with Crippen LogP contribution in [0.2, 0.25) is 10.0 Å². The number of nitrogens with zero attached hydrogens (tertiary/aromatic N) is 2. The van der Waals surface area contributed by atoms with E-state index in [9.17, 15) is 14.9 Å². The zero-order valence-corrected chi connectivity index (χ0v) is 15.0. The molecule has 2 bridgehead atoms. The van der Waals surface area contributed by atoms with Gasteiger partial charge in [0.15, 0.2) is 5.72 Å². The second-order valence-corrected chi connectivity index (χ2v) is 7.24. The van der Waals surface area contributed by atoms with Crippen molar-refractivity contribution in [3.63, 3.8) is 0 Å². The molecule has 2 aromatic carbocycles. The number of nitrogens with one attached hydrogen (secondary N) is 1. The molecule has 0 radical (unpaired) electrons. The fourth-order valence-electron chi connectivity index (χ4n) is 3.50. The summed E-state index contributed by atoms with van der Waals surface area (Å²) >= 11 is 12.2. The van der Waals surface area contributed by atoms with Gasteiger partial charge in [0, 0.05) is 29.1 Å². The van der Waals surface area contributed by atoms with Crippen LogP contribution in [0.4, 0.5) is 16.2 Å². The van der Waals surface area contributed by atoms with Crippen LogP contribution in [0, 0.1) is 10.1 Å². The third kappa shape index (κ3) is 2.55. The molecule has 2 amide bonds. The standard InChI is InChI=1S/C17H13Cl2N3O4/c1-17-8-13(11-7-10(22(24)25)3-5-15(11)26-17)20-16(23)21(17)14-4-2-9(18)6-12(14)19/h2-7,13H,8H2,1H3,(H,20,23)/t13-,17-/m1/s1. The summed E-state index contributed by atoms with van der Waals surface area (Å²) in [6.07, 6.45) is 0.409. The fraction of sp³-hybridized carbons (Fsp3) is 0.235. The molecular formula is C17H13Cl2N3O4. The minimum absolute atomic E-state index is 0.0478. The molecule has 2 aliphatic heterocycles. The van der Waals surface area contributed by atoms with Gasteiger partial charge in [-0.1, -0.05) is 23.2 Å². The predicted molar refractivity (Wildman–Crippen MR) is 97.0 cm³/mol. The van der Waals surface area contributed by atoms with Crippen LogP contribution in [0.3, 0.4) is 0 Å². The average molecular weight is 394 g/mol. The van der Waals surface area contributed by atoms with Crippen LogP contribution >= 0.6 is 23.2 Å². The molecule has 0 saturated carbocycles. The van der Waals surface area contributed by atoms with Crippen molar-refractivity contribution in [2.24, 2.45) is 0 Å². The maximum Gasteiger partial charge on any atom is 0.325 e. The molecule has 7 nitrogen and oxygen atoms in total. The van der Waals surface area contributed by atoms with Crippen LogP contribution < -0.4 is 15.0 Å². The normalized spacial score (nSPS) is 23.7. The van der Waals surface area contributed by atoms with Crippen LogP contribution in [-0.4, -0.2) is 16.7 Å². The first kappa shape index (κ1) is 16.9. The molecule has 4 rings (SSSR count). The summed E-state index contributed by atoms with van der Waals surface area (Å²) in [4.78, 5) is 24.8. The number of anilines is 1. The molecule has 1 N–H and O–H groups in total. The smallest absolute Gasteiger partial charge is 0.325 e. The Balaban J connectivity index is 1.79. The minimum atomic E-state index is -0.992. The highest BCUT2D eigenvalue weighted by molar-refractivity contribution is 6.36. The van der Waals surface area contributed by atoms with Crippen LogP contribution in [0.15, 0.2) is 36.4 Å². The Morgan fingerprint density at radius 1 is 1.31 bits per heavy atom. The van der Waals surface area contributed by atoms with Gasteiger partial charge in [-0.15, -0.1) is 0 Å². The van der Waals surface area contributed by atoms with Gasteiger partial charge in [-0.3, -0.25) is 15.0 Å². The average Bonchev–Trinajstić information content (AvgIpc) is 2.55. The molecule has 0 unspecified atom stereocenters. The van der Waals surface area contributed by atoms with E-state index < -0.39 is 22.7 Å². The molecule has 0 aliphatic carbocycles. The summed E-state index contributed by atoms with van der Waals surface area (Å²) in [5.74, 6) is 0.490. The number of urea groups is 1. The molecular weight excluding hydrogens is 381 g/mol. The van der Waals surface area contributed by atoms with Gasteiger partial charge in [0.05, 0.1) is 21.7 Å². The van der Waals surface area contributed by atoms with Crippen molar-refractivity contribution in [1.82, 2.24) is 5.32 Å². The Morgan fingerprint density at radius 2 is 2.08 bits per heavy atom. The molecule has 9 heteroatoms. The number of hydrogen-bond acceptors (Lipinski definition) is 4. The number of benzene rings is 2. The third-order valence-electron chi connectivity index (χ3n) is 4.62. The Bertz CT molecular complexity index is 952. The number of fused-ring (bicyclic) bond motifs is 4. The minimum Gasteiger partial charge on any atom is -0.467 e. The highest BCUT2D eigenvalue weighted by Crippen LogP contribution is 2.47. The monoisotopic (exact) mass is 393 g/mol. The predicted octanol–water partition coefficient (Wildman–Crippen LogP) is 4.67. The molecule has 1 fully saturated rings. The number of rotatable bonds is 2. The number of nitro groups is 1. The Labute approximate surface area is 158 Å². The van der Waals surface area contributed by atoms with Gasteiger partial charge < -0.3 is 10.1 Å². The molecule has 26 heavy (non-hydrogen) atoms. The molecule has 0 aromatic heterocycles. The Hall–Kier alpha value is -2.51. The van der Waals surface area contributed by atoms with Crippen molar-refractivity contribution in [3.8, 4) is 5.75 Å². The molecule has 2 aliphatic rings. The van der Waals surface area contributed by atoms with Gasteiger partial charge >= 0.3 is 6.03 Å². The van der Waals surface area contributed by atoms with E-state index in [0.29, 0.717) is 33.5 Å². The first-order valence-electron chi connectivity index (χ1n) is 7.82. The van der Waals surface area contributed by atoms with E-state index in [0.717, 1.165) is 0 Å². The zero-order chi connectivity index (χ0) is 18.6. The van der Waals surface area contributed by atoms with Crippen molar-refractivity contribution < 1.29 is 14.5 Å². The van der Waals surface area contributed by atoms with Crippen molar-refractivity contribution in [2.45, 2.75) is 25.1 Å². The van der Waals surface area contributed by atoms with Gasteiger partial charge in [0.1, 0.15) is 5.75 Å². The van der Waals surface area contributed by atoms with E-state index in [1.807, 2.05) is 0 Å². The van der Waals surface area contributed by atoms with E-state index >= 15 is 0 Å². The van der Waals surface area contributed by atoms with E-state index in [2.05, 4.69) is 5.32 Å². The lowest BCUT2D eigenvalue weighted by Gasteiger charge is -2.50. The topological polar surface area (TPSA) is 84.7 Å². The number of nitro benzene ring substituents is 1. The fourth-order valence-corrected chi connectivity index (χ4v) is 4.00. The second-order valence-electron chi connectivity index (χ2n) is 6.39. The van der Waals surface area contributed by atoms with Crippen molar-refractivity contribution >= 4 is 40.6 Å². The number of ether oxygens (including phenoxy) is 1. The van der Waals surface area contributed by atoms with Gasteiger partial charge in [-0.05, 0) is 31.2 Å². The summed E-state index contributed by atoms with van der Waals surface area (Å²) in [5, 5.41) is 14.7. The van der Waals surface area contributed by atoms with Crippen LogP contribution in [0.1, 0.15) is 24.9 Å². The highest BCUT2D eigenvalue weighted by Gasteiger charge is 2.50. The largest absolute Gasteiger partial charge is 0.467 e. The Kier molecular flexibility index (Phi) is 3.75. The van der Waals surface area contributed by atoms with Gasteiger partial charge in [0.25, 0.3) is 5.69 Å². The number of carbonyl (C=O) groups is 1. The summed E-state index contributed by atoms with van der Waals surface area (Å²) in [6, 6.07) is 8.44. The van der Waals surface area contributed by atoms with Crippen molar-refractivity contribution in [1.29, 1.82) is 0 Å². The summed E-state index contributed by atoms with van der Waals surface area (Å²) < 4.78 is 6.10. The summed E-state index contributed by atoms with van der Waals surface area (Å²) in [6.45, 7) is 1.79. The third-order valence-corrected chi connectivity index (χ3v) is 5.15. The second kappa shape index (κ2) is 5.75. The lowest BCUT2D eigenvalue weighted by molar-refractivity contribution is -0.385. The van der Waals surface area contributed by atoms with Crippen LogP contribution in [0.5, 0.6) is 5.75 Å². The highest BCUT2D eigenvalue weighted by atomic mass is 35.5. The molecule has 2 aromatic rings. The maximum absolute atomic E-state index is 12.8. The lowest BCUT2D eigenvalue weighted by Crippen LogP contribution is -2.65. The van der Waals surface area contributed by atoms with E-state index in [-0.39, 0.29) is 5.69 Å². The first-order chi connectivity index (χ1) is 12.3. The van der Waals surface area contributed by atoms with E-state index in [1.54, 1.807) is 31.2 Å². The molecule has 2 heterocycles. The SMILES string of the molecule is C[C@@]12C[C@@H](NC(=O)N1c1ccc(Cl)cc1Cl)c1cc([N+](=O)[O-])ccc1O2. The van der Waals surface area contributed by atoms with Gasteiger partial charge in [0.2, 0.25) is 0 Å². The molecule has 2 atom stereocenters. The van der Waals surface area contributed by atoms with Crippen LogP contribution in [0.25, 0.3) is 0 Å². The molecule has 134 valence electrons. The number of amides is 2.